The fraction of sp³-hybridized carbons (Fsp3) is 1.00. The molecule has 0 aliphatic rings. The van der Waals surface area contributed by atoms with Gasteiger partial charge in [-0.1, -0.05) is 13.3 Å². The second-order valence-corrected chi connectivity index (χ2v) is 5.24. The van der Waals surface area contributed by atoms with Crippen LogP contribution < -0.4 is 10.0 Å². The summed E-state index contributed by atoms with van der Waals surface area (Å²) in [6.45, 7) is 4.43. The number of methoxy groups -OCH3 is 1. The smallest absolute Gasteiger partial charge is 0.211 e. The minimum Gasteiger partial charge on any atom is -0.383 e. The van der Waals surface area contributed by atoms with Crippen LogP contribution in [0.4, 0.5) is 0 Å². The van der Waals surface area contributed by atoms with E-state index in [0.717, 1.165) is 13.0 Å². The van der Waals surface area contributed by atoms with Gasteiger partial charge in [0.2, 0.25) is 10.0 Å². The van der Waals surface area contributed by atoms with Crippen molar-refractivity contribution in [2.45, 2.75) is 19.8 Å². The van der Waals surface area contributed by atoms with Crippen molar-refractivity contribution in [2.24, 2.45) is 0 Å². The Morgan fingerprint density at radius 1 is 1.19 bits per heavy atom. The summed E-state index contributed by atoms with van der Waals surface area (Å²) >= 11 is 0. The summed E-state index contributed by atoms with van der Waals surface area (Å²) in [4.78, 5) is 0. The second kappa shape index (κ2) is 11.6. The average Bonchev–Trinajstić information content (AvgIpc) is 2.20. The Bertz CT molecular complexity index is 235. The summed E-state index contributed by atoms with van der Waals surface area (Å²) in [5.74, 6) is 0.224. The lowest BCUT2D eigenvalue weighted by Gasteiger charge is -2.06. The van der Waals surface area contributed by atoms with Crippen molar-refractivity contribution in [3.05, 3.63) is 0 Å². The Morgan fingerprint density at radius 2 is 1.88 bits per heavy atom. The van der Waals surface area contributed by atoms with E-state index in [1.54, 1.807) is 7.11 Å². The fourth-order valence-electron chi connectivity index (χ4n) is 1.00. The van der Waals surface area contributed by atoms with Gasteiger partial charge in [-0.25, -0.2) is 13.1 Å². The van der Waals surface area contributed by atoms with E-state index in [-0.39, 0.29) is 18.2 Å². The summed E-state index contributed by atoms with van der Waals surface area (Å²) < 4.78 is 30.0. The van der Waals surface area contributed by atoms with E-state index in [1.807, 2.05) is 6.92 Å². The minimum absolute atomic E-state index is 0. The molecule has 2 N–H and O–H groups in total. The van der Waals surface area contributed by atoms with Crippen molar-refractivity contribution in [1.29, 1.82) is 0 Å². The van der Waals surface area contributed by atoms with Crippen LogP contribution in [0.15, 0.2) is 0 Å². The van der Waals surface area contributed by atoms with Crippen LogP contribution in [-0.2, 0) is 14.8 Å². The van der Waals surface area contributed by atoms with Gasteiger partial charge in [0.1, 0.15) is 0 Å². The predicted octanol–water partition coefficient (Wildman–Crippen LogP) is 0.364. The SMILES string of the molecule is CCCCS(=O)(=O)NCCNCCOC.Cl. The van der Waals surface area contributed by atoms with Crippen LogP contribution in [0.1, 0.15) is 19.8 Å². The summed E-state index contributed by atoms with van der Waals surface area (Å²) in [5.41, 5.74) is 0. The summed E-state index contributed by atoms with van der Waals surface area (Å²) in [6, 6.07) is 0. The molecule has 0 radical (unpaired) electrons. The Hall–Kier alpha value is 0.120. The zero-order chi connectivity index (χ0) is 11.6. The van der Waals surface area contributed by atoms with E-state index in [9.17, 15) is 8.42 Å². The highest BCUT2D eigenvalue weighted by molar-refractivity contribution is 7.89. The highest BCUT2D eigenvalue weighted by Gasteiger charge is 2.07. The normalized spacial score (nSPS) is 11.1. The molecule has 0 unspecified atom stereocenters. The van der Waals surface area contributed by atoms with Crippen molar-refractivity contribution in [2.75, 3.05) is 39.1 Å². The molecule has 7 heteroatoms. The molecule has 0 atom stereocenters. The monoisotopic (exact) mass is 274 g/mol. The number of hydrogen-bond acceptors (Lipinski definition) is 4. The number of rotatable bonds is 10. The Balaban J connectivity index is 0. The Labute approximate surface area is 105 Å². The van der Waals surface area contributed by atoms with E-state index in [0.29, 0.717) is 26.1 Å². The molecular weight excluding hydrogens is 252 g/mol. The molecule has 0 aliphatic carbocycles. The molecular formula is C9H23ClN2O3S. The molecule has 0 fully saturated rings. The van der Waals surface area contributed by atoms with Crippen LogP contribution in [0.3, 0.4) is 0 Å². The second-order valence-electron chi connectivity index (χ2n) is 3.31. The molecule has 0 aromatic rings. The fourth-order valence-corrected chi connectivity index (χ4v) is 2.23. The predicted molar refractivity (Wildman–Crippen MR) is 68.7 cm³/mol. The standard InChI is InChI=1S/C9H22N2O3S.ClH/c1-3-4-9-15(12,13)11-6-5-10-7-8-14-2;/h10-11H,3-9H2,1-2H3;1H. The van der Waals surface area contributed by atoms with Gasteiger partial charge in [0.25, 0.3) is 0 Å². The molecule has 0 aromatic heterocycles. The largest absolute Gasteiger partial charge is 0.383 e. The maximum absolute atomic E-state index is 11.3. The zero-order valence-corrected chi connectivity index (χ0v) is 11.6. The first-order chi connectivity index (χ1) is 7.12. The first-order valence-electron chi connectivity index (χ1n) is 5.29. The summed E-state index contributed by atoms with van der Waals surface area (Å²) in [5, 5.41) is 3.06. The molecule has 100 valence electrons. The quantitative estimate of drug-likeness (QED) is 0.565. The number of nitrogens with one attached hydrogen (secondary N) is 2. The number of halogens is 1. The molecule has 0 amide bonds. The summed E-state index contributed by atoms with van der Waals surface area (Å²) in [6.07, 6.45) is 1.61. The molecule has 0 saturated heterocycles. The zero-order valence-electron chi connectivity index (χ0n) is 9.99. The number of ether oxygens (including phenoxy) is 1. The third kappa shape index (κ3) is 12.2. The van der Waals surface area contributed by atoms with Gasteiger partial charge < -0.3 is 10.1 Å². The lowest BCUT2D eigenvalue weighted by molar-refractivity contribution is 0.199. The number of sulfonamides is 1. The Morgan fingerprint density at radius 3 is 2.44 bits per heavy atom. The topological polar surface area (TPSA) is 67.4 Å². The van der Waals surface area contributed by atoms with Crippen molar-refractivity contribution < 1.29 is 13.2 Å². The van der Waals surface area contributed by atoms with Crippen molar-refractivity contribution in [3.8, 4) is 0 Å². The van der Waals surface area contributed by atoms with Gasteiger partial charge in [0.05, 0.1) is 12.4 Å². The molecule has 16 heavy (non-hydrogen) atoms. The number of hydrogen-bond donors (Lipinski definition) is 2. The minimum atomic E-state index is -3.06. The van der Waals surface area contributed by atoms with Crippen molar-refractivity contribution in [1.82, 2.24) is 10.0 Å². The lowest BCUT2D eigenvalue weighted by Crippen LogP contribution is -2.34. The van der Waals surface area contributed by atoms with E-state index in [4.69, 9.17) is 4.74 Å². The van der Waals surface area contributed by atoms with Crippen LogP contribution in [0, 0.1) is 0 Å². The highest BCUT2D eigenvalue weighted by atomic mass is 35.5. The van der Waals surface area contributed by atoms with Gasteiger partial charge in [0.15, 0.2) is 0 Å². The molecule has 0 bridgehead atoms. The van der Waals surface area contributed by atoms with Crippen LogP contribution in [0.25, 0.3) is 0 Å². The first kappa shape index (κ1) is 18.5. The third-order valence-electron chi connectivity index (χ3n) is 1.87. The summed E-state index contributed by atoms with van der Waals surface area (Å²) in [7, 11) is -1.42. The molecule has 0 spiro atoms. The Kier molecular flexibility index (Phi) is 13.4. The van der Waals surface area contributed by atoms with Gasteiger partial charge in [-0.2, -0.15) is 0 Å². The maximum atomic E-state index is 11.3. The van der Waals surface area contributed by atoms with Crippen LogP contribution in [-0.4, -0.2) is 47.5 Å². The van der Waals surface area contributed by atoms with Crippen molar-refractivity contribution >= 4 is 22.4 Å². The van der Waals surface area contributed by atoms with Crippen LogP contribution in [0.5, 0.6) is 0 Å². The number of unbranched alkanes of at least 4 members (excludes halogenated alkanes) is 1. The highest BCUT2D eigenvalue weighted by Crippen LogP contribution is 1.92. The molecule has 5 nitrogen and oxygen atoms in total. The maximum Gasteiger partial charge on any atom is 0.211 e. The molecule has 0 rings (SSSR count). The van der Waals surface area contributed by atoms with Gasteiger partial charge in [-0.05, 0) is 6.42 Å². The van der Waals surface area contributed by atoms with Crippen LogP contribution in [0.2, 0.25) is 0 Å². The molecule has 0 aromatic carbocycles. The molecule has 0 heterocycles. The van der Waals surface area contributed by atoms with Crippen molar-refractivity contribution in [3.63, 3.8) is 0 Å². The van der Waals surface area contributed by atoms with Crippen LogP contribution >= 0.6 is 12.4 Å². The van der Waals surface area contributed by atoms with Gasteiger partial charge >= 0.3 is 0 Å². The van der Waals surface area contributed by atoms with E-state index in [2.05, 4.69) is 10.0 Å². The first-order valence-corrected chi connectivity index (χ1v) is 6.94. The molecule has 0 aliphatic heterocycles. The lowest BCUT2D eigenvalue weighted by atomic mass is 10.4. The van der Waals surface area contributed by atoms with Gasteiger partial charge in [0, 0.05) is 26.7 Å². The third-order valence-corrected chi connectivity index (χ3v) is 3.34. The van der Waals surface area contributed by atoms with Gasteiger partial charge in [-0.3, -0.25) is 0 Å². The van der Waals surface area contributed by atoms with E-state index < -0.39 is 10.0 Å². The molecule has 0 saturated carbocycles. The van der Waals surface area contributed by atoms with Gasteiger partial charge in [-0.15, -0.1) is 12.4 Å². The van der Waals surface area contributed by atoms with E-state index in [1.165, 1.54) is 0 Å². The average molecular weight is 275 g/mol. The van der Waals surface area contributed by atoms with E-state index >= 15 is 0 Å².